The van der Waals surface area contributed by atoms with Gasteiger partial charge in [0.2, 0.25) is 0 Å². The third-order valence-electron chi connectivity index (χ3n) is 3.88. The first-order valence-electron chi connectivity index (χ1n) is 7.73. The van der Waals surface area contributed by atoms with Gasteiger partial charge in [-0.2, -0.15) is 0 Å². The van der Waals surface area contributed by atoms with Crippen LogP contribution in [-0.2, 0) is 0 Å². The molecular formula is C19H18N2O2. The van der Waals surface area contributed by atoms with Crippen LogP contribution in [0.4, 0.5) is 0 Å². The lowest BCUT2D eigenvalue weighted by Crippen LogP contribution is -2.40. The number of piperidine rings is 1. The molecule has 1 aliphatic heterocycles. The van der Waals surface area contributed by atoms with E-state index in [1.165, 1.54) is 0 Å². The van der Waals surface area contributed by atoms with Crippen molar-refractivity contribution in [2.24, 2.45) is 0 Å². The average Bonchev–Trinajstić information content (AvgIpc) is 2.61. The molecular weight excluding hydrogens is 288 g/mol. The van der Waals surface area contributed by atoms with E-state index < -0.39 is 0 Å². The Morgan fingerprint density at radius 3 is 2.48 bits per heavy atom. The lowest BCUT2D eigenvalue weighted by Gasteiger charge is -2.29. The van der Waals surface area contributed by atoms with Gasteiger partial charge in [0.05, 0.1) is 6.10 Å². The van der Waals surface area contributed by atoms with Gasteiger partial charge in [0.1, 0.15) is 5.69 Å². The summed E-state index contributed by atoms with van der Waals surface area (Å²) in [6.07, 6.45) is 2.74. The number of likely N-dealkylation sites (tertiary alicyclic amines) is 1. The summed E-state index contributed by atoms with van der Waals surface area (Å²) in [4.78, 5) is 18.3. The van der Waals surface area contributed by atoms with Crippen LogP contribution in [0, 0.1) is 11.8 Å². The van der Waals surface area contributed by atoms with E-state index in [4.69, 9.17) is 0 Å². The van der Waals surface area contributed by atoms with Gasteiger partial charge in [0.15, 0.2) is 0 Å². The first-order valence-corrected chi connectivity index (χ1v) is 7.73. The van der Waals surface area contributed by atoms with Gasteiger partial charge in [0.25, 0.3) is 5.91 Å². The van der Waals surface area contributed by atoms with Crippen molar-refractivity contribution in [2.75, 3.05) is 13.1 Å². The van der Waals surface area contributed by atoms with Crippen LogP contribution in [0.2, 0.25) is 0 Å². The summed E-state index contributed by atoms with van der Waals surface area (Å²) in [5, 5.41) is 9.51. The van der Waals surface area contributed by atoms with Crippen LogP contribution in [0.15, 0.2) is 48.7 Å². The summed E-state index contributed by atoms with van der Waals surface area (Å²) >= 11 is 0. The molecule has 0 aliphatic carbocycles. The van der Waals surface area contributed by atoms with Gasteiger partial charge in [-0.15, -0.1) is 0 Å². The second-order valence-electron chi connectivity index (χ2n) is 5.57. The normalized spacial score (nSPS) is 14.9. The zero-order chi connectivity index (χ0) is 16.1. The number of hydrogen-bond donors (Lipinski definition) is 1. The van der Waals surface area contributed by atoms with E-state index in [2.05, 4.69) is 16.8 Å². The zero-order valence-corrected chi connectivity index (χ0v) is 12.8. The lowest BCUT2D eigenvalue weighted by molar-refractivity contribution is 0.0546. The van der Waals surface area contributed by atoms with Crippen LogP contribution in [0.3, 0.4) is 0 Å². The number of hydrogen-bond acceptors (Lipinski definition) is 3. The maximum Gasteiger partial charge on any atom is 0.253 e. The van der Waals surface area contributed by atoms with Gasteiger partial charge < -0.3 is 10.0 Å². The Kier molecular flexibility index (Phi) is 4.70. The van der Waals surface area contributed by atoms with Gasteiger partial charge in [-0.05, 0) is 55.2 Å². The summed E-state index contributed by atoms with van der Waals surface area (Å²) in [5.41, 5.74) is 2.23. The molecule has 0 radical (unpaired) electrons. The van der Waals surface area contributed by atoms with Crippen molar-refractivity contribution in [1.29, 1.82) is 0 Å². The largest absolute Gasteiger partial charge is 0.393 e. The van der Waals surface area contributed by atoms with Crippen LogP contribution in [0.1, 0.15) is 34.5 Å². The van der Waals surface area contributed by atoms with E-state index in [0.717, 1.165) is 11.3 Å². The Morgan fingerprint density at radius 1 is 1.09 bits per heavy atom. The highest BCUT2D eigenvalue weighted by Crippen LogP contribution is 2.14. The Balaban J connectivity index is 1.67. The summed E-state index contributed by atoms with van der Waals surface area (Å²) in [6.45, 7) is 1.22. The summed E-state index contributed by atoms with van der Waals surface area (Å²) in [5.74, 6) is 6.05. The third kappa shape index (κ3) is 3.97. The summed E-state index contributed by atoms with van der Waals surface area (Å²) < 4.78 is 0. The van der Waals surface area contributed by atoms with Crippen LogP contribution in [0.25, 0.3) is 0 Å². The van der Waals surface area contributed by atoms with Gasteiger partial charge in [-0.3, -0.25) is 4.79 Å². The fourth-order valence-electron chi connectivity index (χ4n) is 2.52. The standard InChI is InChI=1S/C19H18N2O2/c22-18-10-13-21(14-11-18)19(23)16-7-4-15(5-8-16)6-9-17-3-1-2-12-20-17/h1-5,7-8,12,18,22H,10-11,13-14H2. The van der Waals surface area contributed by atoms with Crippen molar-refractivity contribution in [3.63, 3.8) is 0 Å². The Bertz CT molecular complexity index is 721. The van der Waals surface area contributed by atoms with Crippen molar-refractivity contribution >= 4 is 5.91 Å². The Labute approximate surface area is 135 Å². The van der Waals surface area contributed by atoms with Crippen LogP contribution in [0.5, 0.6) is 0 Å². The second-order valence-corrected chi connectivity index (χ2v) is 5.57. The fraction of sp³-hybridized carbons (Fsp3) is 0.263. The number of aliphatic hydroxyl groups is 1. The quantitative estimate of drug-likeness (QED) is 0.821. The molecule has 2 heterocycles. The number of nitrogens with zero attached hydrogens (tertiary/aromatic N) is 2. The topological polar surface area (TPSA) is 53.4 Å². The van der Waals surface area contributed by atoms with Gasteiger partial charge in [0, 0.05) is 30.4 Å². The highest BCUT2D eigenvalue weighted by Gasteiger charge is 2.21. The van der Waals surface area contributed by atoms with Gasteiger partial charge >= 0.3 is 0 Å². The molecule has 4 nitrogen and oxygen atoms in total. The Morgan fingerprint density at radius 2 is 1.83 bits per heavy atom. The first kappa shape index (κ1) is 15.3. The molecule has 23 heavy (non-hydrogen) atoms. The van der Waals surface area contributed by atoms with E-state index in [1.807, 2.05) is 30.3 Å². The van der Waals surface area contributed by atoms with E-state index in [1.54, 1.807) is 23.2 Å². The number of pyridine rings is 1. The average molecular weight is 306 g/mol. The molecule has 116 valence electrons. The SMILES string of the molecule is O=C(c1ccc(C#Cc2ccccn2)cc1)N1CCC(O)CC1. The maximum absolute atomic E-state index is 12.4. The van der Waals surface area contributed by atoms with Crippen molar-refractivity contribution in [3.05, 3.63) is 65.5 Å². The van der Waals surface area contributed by atoms with Gasteiger partial charge in [-0.25, -0.2) is 4.98 Å². The minimum atomic E-state index is -0.275. The first-order chi connectivity index (χ1) is 11.2. The molecule has 0 saturated carbocycles. The lowest BCUT2D eigenvalue weighted by atomic mass is 10.1. The molecule has 2 aromatic rings. The molecule has 0 unspecified atom stereocenters. The van der Waals surface area contributed by atoms with Crippen molar-refractivity contribution in [1.82, 2.24) is 9.88 Å². The number of benzene rings is 1. The zero-order valence-electron chi connectivity index (χ0n) is 12.8. The fourth-order valence-corrected chi connectivity index (χ4v) is 2.52. The summed E-state index contributed by atoms with van der Waals surface area (Å²) in [6, 6.07) is 12.9. The number of carbonyl (C=O) groups is 1. The molecule has 1 fully saturated rings. The molecule has 0 spiro atoms. The molecule has 4 heteroatoms. The van der Waals surface area contributed by atoms with Crippen molar-refractivity contribution in [2.45, 2.75) is 18.9 Å². The molecule has 1 aromatic carbocycles. The number of rotatable bonds is 1. The molecule has 1 saturated heterocycles. The minimum absolute atomic E-state index is 0.0149. The molecule has 0 bridgehead atoms. The number of amides is 1. The highest BCUT2D eigenvalue weighted by molar-refractivity contribution is 5.94. The number of carbonyl (C=O) groups excluding carboxylic acids is 1. The molecule has 1 aromatic heterocycles. The molecule has 1 amide bonds. The highest BCUT2D eigenvalue weighted by atomic mass is 16.3. The summed E-state index contributed by atoms with van der Waals surface area (Å²) in [7, 11) is 0. The molecule has 1 N–H and O–H groups in total. The predicted octanol–water partition coefficient (Wildman–Crippen LogP) is 2.08. The number of aliphatic hydroxyl groups excluding tert-OH is 1. The van der Waals surface area contributed by atoms with E-state index in [9.17, 15) is 9.90 Å². The van der Waals surface area contributed by atoms with E-state index in [0.29, 0.717) is 31.5 Å². The number of aromatic nitrogens is 1. The Hall–Kier alpha value is -2.64. The van der Waals surface area contributed by atoms with Gasteiger partial charge in [-0.1, -0.05) is 12.0 Å². The van der Waals surface area contributed by atoms with Crippen LogP contribution >= 0.6 is 0 Å². The smallest absolute Gasteiger partial charge is 0.253 e. The third-order valence-corrected chi connectivity index (χ3v) is 3.88. The van der Waals surface area contributed by atoms with Crippen molar-refractivity contribution in [3.8, 4) is 11.8 Å². The predicted molar refractivity (Wildman–Crippen MR) is 87.8 cm³/mol. The monoisotopic (exact) mass is 306 g/mol. The van der Waals surface area contributed by atoms with Crippen LogP contribution < -0.4 is 0 Å². The van der Waals surface area contributed by atoms with Crippen molar-refractivity contribution < 1.29 is 9.90 Å². The van der Waals surface area contributed by atoms with E-state index in [-0.39, 0.29) is 12.0 Å². The van der Waals surface area contributed by atoms with E-state index >= 15 is 0 Å². The minimum Gasteiger partial charge on any atom is -0.393 e. The molecule has 3 rings (SSSR count). The second kappa shape index (κ2) is 7.08. The molecule has 1 aliphatic rings. The molecule has 0 atom stereocenters. The van der Waals surface area contributed by atoms with Crippen LogP contribution in [-0.4, -0.2) is 40.1 Å². The maximum atomic E-state index is 12.4.